The van der Waals surface area contributed by atoms with E-state index in [1.54, 1.807) is 0 Å². The van der Waals surface area contributed by atoms with Gasteiger partial charge >= 0.3 is 0 Å². The van der Waals surface area contributed by atoms with Gasteiger partial charge in [0.15, 0.2) is 0 Å². The van der Waals surface area contributed by atoms with Crippen molar-refractivity contribution in [3.63, 3.8) is 0 Å². The Morgan fingerprint density at radius 1 is 1.69 bits per heavy atom. The second-order valence-electron chi connectivity index (χ2n) is 2.39. The molecule has 0 saturated heterocycles. The van der Waals surface area contributed by atoms with E-state index in [1.165, 1.54) is 16.9 Å². The first-order valence-electron chi connectivity index (χ1n) is 3.87. The molecule has 68 valence electrons. The fraction of sp³-hybridized carbons (Fsp3) is 0.286. The average molecular weight is 180 g/mol. The first kappa shape index (κ1) is 7.78. The van der Waals surface area contributed by atoms with Crippen LogP contribution in [0.3, 0.4) is 0 Å². The lowest BCUT2D eigenvalue weighted by Gasteiger charge is -1.99. The Labute approximate surface area is 73.2 Å². The first-order valence-corrected chi connectivity index (χ1v) is 3.87. The van der Waals surface area contributed by atoms with Gasteiger partial charge in [0.25, 0.3) is 11.3 Å². The third kappa shape index (κ3) is 1.26. The molecule has 0 aromatic carbocycles. The molecule has 0 aliphatic carbocycles. The molecule has 0 bridgehead atoms. The molecule has 0 spiro atoms. The average Bonchev–Trinajstić information content (AvgIpc) is 2.53. The third-order valence-corrected chi connectivity index (χ3v) is 1.54. The van der Waals surface area contributed by atoms with E-state index in [4.69, 9.17) is 4.74 Å². The standard InChI is InChI=1S/C7H8N4O2/c1-2-13-5-3-6(12)11-7(10-5)8-4-9-11/h3-4H,2H2,1H3,(H,8,9,10). The molecule has 0 aliphatic rings. The minimum absolute atomic E-state index is 0.231. The molecular formula is C7H8N4O2. The molecule has 6 heteroatoms. The summed E-state index contributed by atoms with van der Waals surface area (Å²) in [4.78, 5) is 19.1. The van der Waals surface area contributed by atoms with E-state index in [0.29, 0.717) is 18.3 Å². The fourth-order valence-corrected chi connectivity index (χ4v) is 1.02. The van der Waals surface area contributed by atoms with Crippen LogP contribution >= 0.6 is 0 Å². The number of nitrogens with one attached hydrogen (secondary N) is 1. The molecule has 0 fully saturated rings. The van der Waals surface area contributed by atoms with Crippen molar-refractivity contribution in [2.45, 2.75) is 6.92 Å². The second-order valence-corrected chi connectivity index (χ2v) is 2.39. The SMILES string of the molecule is CCOc1cc(=O)n2[nH]cnc2n1. The maximum absolute atomic E-state index is 11.3. The van der Waals surface area contributed by atoms with Gasteiger partial charge < -0.3 is 4.74 Å². The summed E-state index contributed by atoms with van der Waals surface area (Å²) in [5.74, 6) is 0.621. The molecule has 2 rings (SSSR count). The number of ether oxygens (including phenoxy) is 1. The minimum atomic E-state index is -0.231. The van der Waals surface area contributed by atoms with Crippen LogP contribution in [0, 0.1) is 0 Å². The van der Waals surface area contributed by atoms with Gasteiger partial charge in [0.05, 0.1) is 12.7 Å². The maximum Gasteiger partial charge on any atom is 0.277 e. The lowest BCUT2D eigenvalue weighted by molar-refractivity contribution is 0.326. The Morgan fingerprint density at radius 2 is 2.54 bits per heavy atom. The zero-order valence-electron chi connectivity index (χ0n) is 7.02. The van der Waals surface area contributed by atoms with E-state index in [2.05, 4.69) is 15.1 Å². The van der Waals surface area contributed by atoms with Gasteiger partial charge in [0, 0.05) is 0 Å². The Kier molecular flexibility index (Phi) is 1.73. The molecule has 0 atom stereocenters. The van der Waals surface area contributed by atoms with Crippen molar-refractivity contribution in [2.75, 3.05) is 6.61 Å². The summed E-state index contributed by atoms with van der Waals surface area (Å²) in [5.41, 5.74) is -0.231. The highest BCUT2D eigenvalue weighted by molar-refractivity contribution is 5.28. The molecule has 0 amide bonds. The number of nitrogens with zero attached hydrogens (tertiary/aromatic N) is 3. The van der Waals surface area contributed by atoms with Crippen LogP contribution < -0.4 is 10.3 Å². The normalized spacial score (nSPS) is 10.5. The topological polar surface area (TPSA) is 72.3 Å². The van der Waals surface area contributed by atoms with Crippen LogP contribution in [-0.2, 0) is 0 Å². The number of hydrogen-bond acceptors (Lipinski definition) is 4. The quantitative estimate of drug-likeness (QED) is 0.695. The number of aromatic nitrogens is 4. The predicted molar refractivity (Wildman–Crippen MR) is 44.8 cm³/mol. The molecule has 13 heavy (non-hydrogen) atoms. The van der Waals surface area contributed by atoms with Crippen LogP contribution in [0.25, 0.3) is 5.78 Å². The number of H-pyrrole nitrogens is 1. The lowest BCUT2D eigenvalue weighted by Crippen LogP contribution is -2.14. The van der Waals surface area contributed by atoms with Crippen molar-refractivity contribution < 1.29 is 4.74 Å². The maximum atomic E-state index is 11.3. The predicted octanol–water partition coefficient (Wildman–Crippen LogP) is -0.184. The number of rotatable bonds is 2. The van der Waals surface area contributed by atoms with Crippen LogP contribution in [0.15, 0.2) is 17.2 Å². The van der Waals surface area contributed by atoms with Crippen molar-refractivity contribution in [1.82, 2.24) is 19.6 Å². The van der Waals surface area contributed by atoms with Crippen LogP contribution in [0.2, 0.25) is 0 Å². The zero-order valence-corrected chi connectivity index (χ0v) is 7.02. The Balaban J connectivity index is 2.63. The molecule has 0 unspecified atom stereocenters. The minimum Gasteiger partial charge on any atom is -0.478 e. The molecule has 0 radical (unpaired) electrons. The van der Waals surface area contributed by atoms with E-state index in [9.17, 15) is 4.79 Å². The van der Waals surface area contributed by atoms with Crippen LogP contribution in [0.1, 0.15) is 6.92 Å². The highest BCUT2D eigenvalue weighted by atomic mass is 16.5. The van der Waals surface area contributed by atoms with E-state index < -0.39 is 0 Å². The number of fused-ring (bicyclic) bond motifs is 1. The van der Waals surface area contributed by atoms with Gasteiger partial charge in [-0.15, -0.1) is 0 Å². The van der Waals surface area contributed by atoms with Crippen LogP contribution in [-0.4, -0.2) is 26.2 Å². The van der Waals surface area contributed by atoms with E-state index >= 15 is 0 Å². The molecule has 2 aromatic rings. The van der Waals surface area contributed by atoms with Gasteiger partial charge in [-0.1, -0.05) is 0 Å². The highest BCUT2D eigenvalue weighted by Crippen LogP contribution is 2.02. The summed E-state index contributed by atoms with van der Waals surface area (Å²) in [6, 6.07) is 1.31. The Morgan fingerprint density at radius 3 is 3.31 bits per heavy atom. The van der Waals surface area contributed by atoms with E-state index in [-0.39, 0.29) is 5.56 Å². The van der Waals surface area contributed by atoms with Gasteiger partial charge in [-0.25, -0.2) is 4.98 Å². The fourth-order valence-electron chi connectivity index (χ4n) is 1.02. The largest absolute Gasteiger partial charge is 0.478 e. The van der Waals surface area contributed by atoms with Crippen molar-refractivity contribution in [3.8, 4) is 5.88 Å². The Bertz CT molecular complexity index is 473. The summed E-state index contributed by atoms with van der Waals surface area (Å²) in [6.07, 6.45) is 1.40. The summed E-state index contributed by atoms with van der Waals surface area (Å²) in [7, 11) is 0. The van der Waals surface area contributed by atoms with Gasteiger partial charge in [-0.3, -0.25) is 9.89 Å². The van der Waals surface area contributed by atoms with Gasteiger partial charge in [-0.2, -0.15) is 9.50 Å². The van der Waals surface area contributed by atoms with Gasteiger partial charge in [0.1, 0.15) is 6.33 Å². The second kappa shape index (κ2) is 2.89. The summed E-state index contributed by atoms with van der Waals surface area (Å²) < 4.78 is 6.32. The van der Waals surface area contributed by atoms with Crippen molar-refractivity contribution in [1.29, 1.82) is 0 Å². The smallest absolute Gasteiger partial charge is 0.277 e. The van der Waals surface area contributed by atoms with Crippen LogP contribution in [0.4, 0.5) is 0 Å². The molecule has 2 aromatic heterocycles. The van der Waals surface area contributed by atoms with Crippen molar-refractivity contribution >= 4 is 5.78 Å². The molecular weight excluding hydrogens is 172 g/mol. The number of hydrogen-bond donors (Lipinski definition) is 1. The molecule has 1 N–H and O–H groups in total. The molecule has 2 heterocycles. The monoisotopic (exact) mass is 180 g/mol. The zero-order chi connectivity index (χ0) is 9.26. The van der Waals surface area contributed by atoms with Crippen molar-refractivity contribution in [2.24, 2.45) is 0 Å². The highest BCUT2D eigenvalue weighted by Gasteiger charge is 2.03. The molecule has 0 aliphatic heterocycles. The summed E-state index contributed by atoms with van der Waals surface area (Å²) in [5, 5.41) is 2.63. The van der Waals surface area contributed by atoms with E-state index in [1.807, 2.05) is 6.92 Å². The lowest BCUT2D eigenvalue weighted by atomic mass is 10.6. The third-order valence-electron chi connectivity index (χ3n) is 1.54. The summed E-state index contributed by atoms with van der Waals surface area (Å²) >= 11 is 0. The number of aromatic amines is 1. The van der Waals surface area contributed by atoms with Crippen LogP contribution in [0.5, 0.6) is 5.88 Å². The summed E-state index contributed by atoms with van der Waals surface area (Å²) in [6.45, 7) is 2.31. The van der Waals surface area contributed by atoms with Gasteiger partial charge in [0.2, 0.25) is 5.88 Å². The first-order chi connectivity index (χ1) is 6.31. The van der Waals surface area contributed by atoms with Crippen molar-refractivity contribution in [3.05, 3.63) is 22.7 Å². The Hall–Kier alpha value is -1.85. The molecule has 6 nitrogen and oxygen atoms in total. The van der Waals surface area contributed by atoms with E-state index in [0.717, 1.165) is 0 Å². The van der Waals surface area contributed by atoms with Gasteiger partial charge in [-0.05, 0) is 6.92 Å². The molecule has 0 saturated carbocycles.